The summed E-state index contributed by atoms with van der Waals surface area (Å²) < 4.78 is 33.8. The molecule has 7 nitrogen and oxygen atoms in total. The molecule has 3 aromatic carbocycles. The number of primary amides is 1. The van der Waals surface area contributed by atoms with Gasteiger partial charge in [-0.1, -0.05) is 24.3 Å². The van der Waals surface area contributed by atoms with E-state index in [1.54, 1.807) is 24.3 Å². The van der Waals surface area contributed by atoms with Crippen molar-refractivity contribution in [3.63, 3.8) is 0 Å². The minimum atomic E-state index is -1.03. The number of carbonyl (C=O) groups excluding carboxylic acids is 2. The number of carbonyl (C=O) groups is 2. The van der Waals surface area contributed by atoms with Gasteiger partial charge in [0.05, 0.1) is 18.6 Å². The molecule has 5 N–H and O–H groups in total. The quantitative estimate of drug-likeness (QED) is 0.219. The monoisotopic (exact) mass is 623 g/mol. The fourth-order valence-electron chi connectivity index (χ4n) is 3.72. The summed E-state index contributed by atoms with van der Waals surface area (Å²) in [5.74, 6) is -2.00. The average molecular weight is 623 g/mol. The molecule has 0 aliphatic rings. The van der Waals surface area contributed by atoms with Gasteiger partial charge in [-0.3, -0.25) is 9.59 Å². The number of aliphatic hydroxyl groups excluding tert-OH is 1. The Kier molecular flexibility index (Phi) is 10.8. The highest BCUT2D eigenvalue weighted by Gasteiger charge is 2.22. The van der Waals surface area contributed by atoms with Crippen LogP contribution >= 0.6 is 22.6 Å². The second-order valence-electron chi connectivity index (χ2n) is 8.56. The number of benzene rings is 3. The number of ether oxygens (including phenoxy) is 1. The first-order chi connectivity index (χ1) is 17.7. The minimum Gasteiger partial charge on any atom is -0.484 e. The molecule has 2 unspecified atom stereocenters. The van der Waals surface area contributed by atoms with Gasteiger partial charge in [0, 0.05) is 22.7 Å². The van der Waals surface area contributed by atoms with Crippen LogP contribution in [0.5, 0.6) is 5.75 Å². The SMILES string of the molecule is NC(=O)COc1ccc(CC(=O)NC(Cc2cc(F)cc(F)c2)C(O)CNCc2cccc(I)c2)cc1. The van der Waals surface area contributed by atoms with Gasteiger partial charge >= 0.3 is 0 Å². The Morgan fingerprint density at radius 1 is 0.973 bits per heavy atom. The fraction of sp³-hybridized carbons (Fsp3) is 0.259. The van der Waals surface area contributed by atoms with Crippen LogP contribution in [0.2, 0.25) is 0 Å². The van der Waals surface area contributed by atoms with Crippen LogP contribution in [0.4, 0.5) is 8.78 Å². The number of hydrogen-bond acceptors (Lipinski definition) is 5. The zero-order valence-corrected chi connectivity index (χ0v) is 22.1. The molecule has 2 atom stereocenters. The van der Waals surface area contributed by atoms with Crippen LogP contribution in [-0.4, -0.2) is 42.2 Å². The Morgan fingerprint density at radius 2 is 1.68 bits per heavy atom. The smallest absolute Gasteiger partial charge is 0.255 e. The first-order valence-electron chi connectivity index (χ1n) is 11.6. The molecule has 37 heavy (non-hydrogen) atoms. The summed E-state index contributed by atoms with van der Waals surface area (Å²) in [5, 5.41) is 16.8. The maximum absolute atomic E-state index is 13.7. The lowest BCUT2D eigenvalue weighted by molar-refractivity contribution is -0.122. The third-order valence-corrected chi connectivity index (χ3v) is 6.10. The maximum Gasteiger partial charge on any atom is 0.255 e. The molecule has 0 saturated carbocycles. The van der Waals surface area contributed by atoms with Gasteiger partial charge < -0.3 is 26.2 Å². The molecule has 0 spiro atoms. The summed E-state index contributed by atoms with van der Waals surface area (Å²) in [6, 6.07) is 16.8. The molecule has 0 bridgehead atoms. The van der Waals surface area contributed by atoms with Crippen molar-refractivity contribution in [3.8, 4) is 5.75 Å². The van der Waals surface area contributed by atoms with E-state index >= 15 is 0 Å². The molecular formula is C27H28F2IN3O4. The molecule has 10 heteroatoms. The molecule has 196 valence electrons. The molecule has 0 saturated heterocycles. The highest BCUT2D eigenvalue weighted by Crippen LogP contribution is 2.15. The zero-order valence-electron chi connectivity index (χ0n) is 19.9. The number of aliphatic hydroxyl groups is 1. The van der Waals surface area contributed by atoms with Crippen LogP contribution in [-0.2, 0) is 29.0 Å². The van der Waals surface area contributed by atoms with Crippen LogP contribution in [0.15, 0.2) is 66.7 Å². The van der Waals surface area contributed by atoms with Crippen LogP contribution in [0, 0.1) is 15.2 Å². The molecule has 0 aromatic heterocycles. The third-order valence-electron chi connectivity index (χ3n) is 5.43. The second kappa shape index (κ2) is 14.0. The van der Waals surface area contributed by atoms with Gasteiger partial charge in [0.25, 0.3) is 5.91 Å². The summed E-state index contributed by atoms with van der Waals surface area (Å²) in [4.78, 5) is 23.6. The van der Waals surface area contributed by atoms with Crippen molar-refractivity contribution in [2.24, 2.45) is 5.73 Å². The molecule has 2 amide bonds. The molecular weight excluding hydrogens is 595 g/mol. The fourth-order valence-corrected chi connectivity index (χ4v) is 4.33. The largest absolute Gasteiger partial charge is 0.484 e. The minimum absolute atomic E-state index is 0.00666. The van der Waals surface area contributed by atoms with Crippen LogP contribution in [0.25, 0.3) is 0 Å². The van der Waals surface area contributed by atoms with Crippen LogP contribution in [0.1, 0.15) is 16.7 Å². The van der Waals surface area contributed by atoms with E-state index in [2.05, 4.69) is 33.2 Å². The summed E-state index contributed by atoms with van der Waals surface area (Å²) in [6.07, 6.45) is -0.985. The predicted octanol–water partition coefficient (Wildman–Crippen LogP) is 2.85. The van der Waals surface area contributed by atoms with Crippen molar-refractivity contribution in [1.29, 1.82) is 0 Å². The standard InChI is InChI=1S/C27H28F2IN3O4/c28-20-8-19(9-21(29)13-20)11-24(25(34)15-32-14-18-2-1-3-22(30)10-18)33-27(36)12-17-4-6-23(7-5-17)37-16-26(31)35/h1-10,13,24-25,32,34H,11-12,14-16H2,(H2,31,35)(H,33,36). The van der Waals surface area contributed by atoms with Crippen LogP contribution in [0.3, 0.4) is 0 Å². The molecule has 0 heterocycles. The summed E-state index contributed by atoms with van der Waals surface area (Å²) in [7, 11) is 0. The van der Waals surface area contributed by atoms with Gasteiger partial charge in [-0.05, 0) is 82.1 Å². The van der Waals surface area contributed by atoms with Gasteiger partial charge in [0.15, 0.2) is 6.61 Å². The average Bonchev–Trinajstić information content (AvgIpc) is 2.82. The summed E-state index contributed by atoms with van der Waals surface area (Å²) >= 11 is 2.22. The first-order valence-corrected chi connectivity index (χ1v) is 12.6. The van der Waals surface area contributed by atoms with E-state index in [0.717, 1.165) is 15.2 Å². The summed E-state index contributed by atoms with van der Waals surface area (Å²) in [5.41, 5.74) is 7.09. The summed E-state index contributed by atoms with van der Waals surface area (Å²) in [6.45, 7) is 0.408. The van der Waals surface area contributed by atoms with Gasteiger partial charge in [0.2, 0.25) is 5.91 Å². The van der Waals surface area contributed by atoms with Crippen molar-refractivity contribution in [1.82, 2.24) is 10.6 Å². The molecule has 0 radical (unpaired) electrons. The Labute approximate surface area is 227 Å². The van der Waals surface area contributed by atoms with E-state index in [1.807, 2.05) is 24.3 Å². The van der Waals surface area contributed by atoms with Crippen molar-refractivity contribution < 1.29 is 28.2 Å². The predicted molar refractivity (Wildman–Crippen MR) is 144 cm³/mol. The first kappa shape index (κ1) is 28.5. The van der Waals surface area contributed by atoms with E-state index in [-0.39, 0.29) is 31.9 Å². The van der Waals surface area contributed by atoms with Crippen molar-refractivity contribution >= 4 is 34.4 Å². The zero-order chi connectivity index (χ0) is 26.8. The lowest BCUT2D eigenvalue weighted by Crippen LogP contribution is -2.49. The lowest BCUT2D eigenvalue weighted by Gasteiger charge is -2.25. The highest BCUT2D eigenvalue weighted by atomic mass is 127. The lowest BCUT2D eigenvalue weighted by atomic mass is 10.00. The van der Waals surface area contributed by atoms with Gasteiger partial charge in [-0.15, -0.1) is 0 Å². The third kappa shape index (κ3) is 10.1. The normalized spacial score (nSPS) is 12.5. The van der Waals surface area contributed by atoms with Crippen molar-refractivity contribution in [3.05, 3.63) is 98.6 Å². The second-order valence-corrected chi connectivity index (χ2v) is 9.81. The number of nitrogens with two attached hydrogens (primary N) is 1. The van der Waals surface area contributed by atoms with E-state index < -0.39 is 29.7 Å². The number of rotatable bonds is 13. The molecule has 0 aliphatic heterocycles. The molecule has 3 rings (SSSR count). The number of amides is 2. The highest BCUT2D eigenvalue weighted by molar-refractivity contribution is 14.1. The Balaban J connectivity index is 1.63. The van der Waals surface area contributed by atoms with Gasteiger partial charge in [0.1, 0.15) is 17.4 Å². The molecule has 3 aromatic rings. The van der Waals surface area contributed by atoms with E-state index in [4.69, 9.17) is 10.5 Å². The number of nitrogens with one attached hydrogen (secondary N) is 2. The Morgan fingerprint density at radius 3 is 2.32 bits per heavy atom. The molecule has 0 fully saturated rings. The van der Waals surface area contributed by atoms with Gasteiger partial charge in [-0.2, -0.15) is 0 Å². The van der Waals surface area contributed by atoms with E-state index in [9.17, 15) is 23.5 Å². The van der Waals surface area contributed by atoms with E-state index in [1.165, 1.54) is 12.1 Å². The van der Waals surface area contributed by atoms with E-state index in [0.29, 0.717) is 23.4 Å². The van der Waals surface area contributed by atoms with Gasteiger partial charge in [-0.25, -0.2) is 8.78 Å². The number of hydrogen-bond donors (Lipinski definition) is 4. The topological polar surface area (TPSA) is 114 Å². The van der Waals surface area contributed by atoms with Crippen molar-refractivity contribution in [2.75, 3.05) is 13.2 Å². The van der Waals surface area contributed by atoms with Crippen molar-refractivity contribution in [2.45, 2.75) is 31.5 Å². The Bertz CT molecular complexity index is 1190. The number of halogens is 3. The molecule has 0 aliphatic carbocycles. The maximum atomic E-state index is 13.7. The Hall–Kier alpha value is -3.09. The van der Waals surface area contributed by atoms with Crippen LogP contribution < -0.4 is 21.1 Å².